The fourth-order valence-corrected chi connectivity index (χ4v) is 1.05. The van der Waals surface area contributed by atoms with Crippen molar-refractivity contribution in [2.75, 3.05) is 6.61 Å². The maximum absolute atomic E-state index is 10.4. The molecule has 3 heteroatoms. The Morgan fingerprint density at radius 2 is 2.36 bits per heavy atom. The summed E-state index contributed by atoms with van der Waals surface area (Å²) < 4.78 is 5.28. The highest BCUT2D eigenvalue weighted by atomic mass is 16.5. The van der Waals surface area contributed by atoms with Crippen LogP contribution in [0.2, 0.25) is 0 Å². The first kappa shape index (κ1) is 8.53. The summed E-state index contributed by atoms with van der Waals surface area (Å²) in [6.45, 7) is 4.52. The van der Waals surface area contributed by atoms with E-state index in [-0.39, 0.29) is 17.9 Å². The number of ether oxygens (including phenoxy) is 1. The van der Waals surface area contributed by atoms with Gasteiger partial charge in [0.2, 0.25) is 0 Å². The predicted octanol–water partition coefficient (Wildman–Crippen LogP) is 1.13. The van der Waals surface area contributed by atoms with Crippen molar-refractivity contribution >= 4 is 5.97 Å². The lowest BCUT2D eigenvalue weighted by Gasteiger charge is -2.05. The molecule has 1 fully saturated rings. The monoisotopic (exact) mass is 158 g/mol. The highest BCUT2D eigenvalue weighted by Gasteiger charge is 2.43. The van der Waals surface area contributed by atoms with Crippen molar-refractivity contribution in [2.24, 2.45) is 11.8 Å². The summed E-state index contributed by atoms with van der Waals surface area (Å²) in [4.78, 5) is 10.4. The van der Waals surface area contributed by atoms with Crippen molar-refractivity contribution in [1.82, 2.24) is 0 Å². The minimum atomic E-state index is -0.678. The van der Waals surface area contributed by atoms with E-state index in [1.54, 1.807) is 0 Å². The number of aliphatic carboxylic acids is 1. The van der Waals surface area contributed by atoms with Crippen LogP contribution >= 0.6 is 0 Å². The molecule has 3 nitrogen and oxygen atoms in total. The van der Waals surface area contributed by atoms with Crippen LogP contribution in [0.15, 0.2) is 0 Å². The average molecular weight is 158 g/mol. The van der Waals surface area contributed by atoms with Crippen LogP contribution in [-0.2, 0) is 9.53 Å². The molecule has 0 unspecified atom stereocenters. The number of hydrogen-bond acceptors (Lipinski definition) is 2. The maximum atomic E-state index is 10.4. The van der Waals surface area contributed by atoms with Crippen molar-refractivity contribution in [3.05, 3.63) is 0 Å². The van der Waals surface area contributed by atoms with Gasteiger partial charge in [-0.25, -0.2) is 0 Å². The van der Waals surface area contributed by atoms with Gasteiger partial charge in [0.25, 0.3) is 0 Å². The summed E-state index contributed by atoms with van der Waals surface area (Å²) in [6, 6.07) is 0. The smallest absolute Gasteiger partial charge is 0.306 e. The fraction of sp³-hybridized carbons (Fsp3) is 0.875. The normalized spacial score (nSPS) is 29.0. The number of carbonyl (C=O) groups is 1. The third-order valence-corrected chi connectivity index (χ3v) is 1.88. The van der Waals surface area contributed by atoms with Crippen LogP contribution in [0.25, 0.3) is 0 Å². The van der Waals surface area contributed by atoms with Gasteiger partial charge in [0.05, 0.1) is 18.6 Å². The second-order valence-electron chi connectivity index (χ2n) is 3.32. The van der Waals surface area contributed by atoms with Crippen molar-refractivity contribution in [1.29, 1.82) is 0 Å². The third-order valence-electron chi connectivity index (χ3n) is 1.88. The van der Waals surface area contributed by atoms with E-state index in [4.69, 9.17) is 9.84 Å². The van der Waals surface area contributed by atoms with Gasteiger partial charge < -0.3 is 9.84 Å². The molecule has 2 atom stereocenters. The Bertz CT molecular complexity index is 153. The Labute approximate surface area is 66.4 Å². The second kappa shape index (κ2) is 3.22. The van der Waals surface area contributed by atoms with Gasteiger partial charge in [0.15, 0.2) is 0 Å². The third kappa shape index (κ3) is 2.50. The first-order valence-electron chi connectivity index (χ1n) is 3.95. The molecule has 0 heterocycles. The van der Waals surface area contributed by atoms with Crippen LogP contribution < -0.4 is 0 Å². The van der Waals surface area contributed by atoms with Gasteiger partial charge in [-0.1, -0.05) is 0 Å². The lowest BCUT2D eigenvalue weighted by Crippen LogP contribution is -2.08. The average Bonchev–Trinajstić information content (AvgIpc) is 2.61. The van der Waals surface area contributed by atoms with E-state index in [1.807, 2.05) is 13.8 Å². The van der Waals surface area contributed by atoms with Crippen molar-refractivity contribution in [3.8, 4) is 0 Å². The standard InChI is InChI=1S/C8H14O3/c1-5(2)11-4-6-3-7(6)8(9)10/h5-7H,3-4H2,1-2H3,(H,9,10)/t6-,7+/m1/s1. The SMILES string of the molecule is CC(C)OC[C@H]1C[C@@H]1C(=O)O. The summed E-state index contributed by atoms with van der Waals surface area (Å²) in [7, 11) is 0. The molecule has 1 aliphatic rings. The molecule has 64 valence electrons. The number of carboxylic acids is 1. The first-order valence-corrected chi connectivity index (χ1v) is 3.95. The zero-order valence-electron chi connectivity index (χ0n) is 6.91. The van der Waals surface area contributed by atoms with Crippen LogP contribution in [0.3, 0.4) is 0 Å². The lowest BCUT2D eigenvalue weighted by molar-refractivity contribution is -0.139. The molecule has 1 N–H and O–H groups in total. The molecule has 1 saturated carbocycles. The molecule has 1 rings (SSSR count). The molecule has 0 amide bonds. The highest BCUT2D eigenvalue weighted by molar-refractivity contribution is 5.73. The van der Waals surface area contributed by atoms with Crippen LogP contribution in [0.1, 0.15) is 20.3 Å². The lowest BCUT2D eigenvalue weighted by atomic mass is 10.3. The summed E-state index contributed by atoms with van der Waals surface area (Å²) in [5.74, 6) is -0.536. The van der Waals surface area contributed by atoms with E-state index in [0.717, 1.165) is 6.42 Å². The van der Waals surface area contributed by atoms with E-state index in [9.17, 15) is 4.79 Å². The molecule has 0 saturated heterocycles. The fourth-order valence-electron chi connectivity index (χ4n) is 1.05. The van der Waals surface area contributed by atoms with Crippen molar-refractivity contribution in [2.45, 2.75) is 26.4 Å². The van der Waals surface area contributed by atoms with E-state index in [1.165, 1.54) is 0 Å². The molecule has 0 radical (unpaired) electrons. The topological polar surface area (TPSA) is 46.5 Å². The van der Waals surface area contributed by atoms with Crippen LogP contribution in [0, 0.1) is 11.8 Å². The number of carboxylic acid groups (broad SMARTS) is 1. The van der Waals surface area contributed by atoms with E-state index in [0.29, 0.717) is 6.61 Å². The van der Waals surface area contributed by atoms with Gasteiger partial charge in [-0.3, -0.25) is 4.79 Å². The van der Waals surface area contributed by atoms with E-state index in [2.05, 4.69) is 0 Å². The zero-order chi connectivity index (χ0) is 8.43. The highest BCUT2D eigenvalue weighted by Crippen LogP contribution is 2.38. The van der Waals surface area contributed by atoms with Gasteiger partial charge in [-0.2, -0.15) is 0 Å². The van der Waals surface area contributed by atoms with Gasteiger partial charge >= 0.3 is 5.97 Å². The molecule has 0 aromatic carbocycles. The first-order chi connectivity index (χ1) is 5.11. The summed E-state index contributed by atoms with van der Waals surface area (Å²) >= 11 is 0. The molecule has 0 spiro atoms. The Morgan fingerprint density at radius 1 is 1.73 bits per heavy atom. The minimum absolute atomic E-state index is 0.131. The van der Waals surface area contributed by atoms with Crippen LogP contribution in [0.5, 0.6) is 0 Å². The minimum Gasteiger partial charge on any atom is -0.481 e. The quantitative estimate of drug-likeness (QED) is 0.667. The Hall–Kier alpha value is -0.570. The van der Waals surface area contributed by atoms with Crippen LogP contribution in [-0.4, -0.2) is 23.8 Å². The molecule has 0 bridgehead atoms. The molecule has 0 aromatic heterocycles. The van der Waals surface area contributed by atoms with Crippen molar-refractivity contribution in [3.63, 3.8) is 0 Å². The summed E-state index contributed by atoms with van der Waals surface area (Å²) in [5.41, 5.74) is 0. The van der Waals surface area contributed by atoms with Gasteiger partial charge in [0.1, 0.15) is 0 Å². The Balaban J connectivity index is 2.09. The molecular formula is C8H14O3. The molecule has 0 aliphatic heterocycles. The zero-order valence-corrected chi connectivity index (χ0v) is 6.91. The predicted molar refractivity (Wildman–Crippen MR) is 40.3 cm³/mol. The summed E-state index contributed by atoms with van der Waals surface area (Å²) in [5, 5.41) is 8.53. The summed E-state index contributed by atoms with van der Waals surface area (Å²) in [6.07, 6.45) is 1.01. The van der Waals surface area contributed by atoms with Gasteiger partial charge in [-0.05, 0) is 26.2 Å². The Morgan fingerprint density at radius 3 is 2.73 bits per heavy atom. The van der Waals surface area contributed by atoms with E-state index < -0.39 is 5.97 Å². The second-order valence-corrected chi connectivity index (χ2v) is 3.32. The number of rotatable bonds is 4. The van der Waals surface area contributed by atoms with Gasteiger partial charge in [0, 0.05) is 0 Å². The van der Waals surface area contributed by atoms with E-state index >= 15 is 0 Å². The molecule has 1 aliphatic carbocycles. The molecule has 11 heavy (non-hydrogen) atoms. The molecular weight excluding hydrogens is 144 g/mol. The van der Waals surface area contributed by atoms with Gasteiger partial charge in [-0.15, -0.1) is 0 Å². The maximum Gasteiger partial charge on any atom is 0.306 e. The Kier molecular flexibility index (Phi) is 2.49. The van der Waals surface area contributed by atoms with Crippen molar-refractivity contribution < 1.29 is 14.6 Å². The number of hydrogen-bond donors (Lipinski definition) is 1. The van der Waals surface area contributed by atoms with Crippen LogP contribution in [0.4, 0.5) is 0 Å². The largest absolute Gasteiger partial charge is 0.481 e. The molecule has 0 aromatic rings.